The Morgan fingerprint density at radius 2 is 2.05 bits per heavy atom. The molecule has 0 aliphatic heterocycles. The quantitative estimate of drug-likeness (QED) is 0.520. The number of benzene rings is 2. The Kier molecular flexibility index (Phi) is 6.04. The molecule has 0 aromatic heterocycles. The maximum Gasteiger partial charge on any atom is 0.338 e. The van der Waals surface area contributed by atoms with Crippen LogP contribution in [0.3, 0.4) is 0 Å². The average Bonchev–Trinajstić information content (AvgIpc) is 2.52. The van der Waals surface area contributed by atoms with Gasteiger partial charge >= 0.3 is 5.97 Å². The van der Waals surface area contributed by atoms with Gasteiger partial charge < -0.3 is 9.47 Å². The van der Waals surface area contributed by atoms with Crippen LogP contribution in [0, 0.1) is 0 Å². The van der Waals surface area contributed by atoms with Gasteiger partial charge in [-0.3, -0.25) is 0 Å². The number of carbonyl (C=O) groups excluding carboxylic acids is 1. The molecule has 0 aliphatic rings. The molecule has 0 aliphatic carbocycles. The first-order chi connectivity index (χ1) is 10.6. The molecule has 0 radical (unpaired) electrons. The van der Waals surface area contributed by atoms with Gasteiger partial charge in [0.25, 0.3) is 0 Å². The molecule has 0 unspecified atom stereocenters. The minimum absolute atomic E-state index is 0.182. The summed E-state index contributed by atoms with van der Waals surface area (Å²) in [5, 5.41) is 0.656. The molecule has 22 heavy (non-hydrogen) atoms. The van der Waals surface area contributed by atoms with Crippen LogP contribution in [-0.4, -0.2) is 12.6 Å². The van der Waals surface area contributed by atoms with Crippen molar-refractivity contribution >= 4 is 33.5 Å². The van der Waals surface area contributed by atoms with Crippen molar-refractivity contribution in [1.29, 1.82) is 0 Å². The number of carbonyl (C=O) groups is 1. The van der Waals surface area contributed by atoms with Gasteiger partial charge in [0.2, 0.25) is 0 Å². The predicted molar refractivity (Wildman–Crippen MR) is 90.4 cm³/mol. The van der Waals surface area contributed by atoms with Gasteiger partial charge in [0.15, 0.2) is 0 Å². The number of esters is 1. The molecule has 2 aromatic rings. The van der Waals surface area contributed by atoms with Crippen LogP contribution in [0.15, 0.2) is 59.6 Å². The second-order valence-electron chi connectivity index (χ2n) is 4.41. The molecule has 5 heteroatoms. The van der Waals surface area contributed by atoms with Gasteiger partial charge in [-0.2, -0.15) is 0 Å². The highest BCUT2D eigenvalue weighted by Gasteiger charge is 2.10. The van der Waals surface area contributed by atoms with Crippen LogP contribution in [0.1, 0.15) is 15.9 Å². The van der Waals surface area contributed by atoms with Gasteiger partial charge in [-0.05, 0) is 40.2 Å². The first-order valence-electron chi connectivity index (χ1n) is 6.55. The lowest BCUT2D eigenvalue weighted by atomic mass is 10.2. The van der Waals surface area contributed by atoms with E-state index < -0.39 is 5.97 Å². The highest BCUT2D eigenvalue weighted by atomic mass is 79.9. The van der Waals surface area contributed by atoms with E-state index >= 15 is 0 Å². The van der Waals surface area contributed by atoms with Crippen LogP contribution in [0.25, 0.3) is 0 Å². The van der Waals surface area contributed by atoms with E-state index in [-0.39, 0.29) is 6.61 Å². The van der Waals surface area contributed by atoms with E-state index in [1.54, 1.807) is 18.2 Å². The molecular formula is C17H14BrClO3. The second kappa shape index (κ2) is 8.01. The molecule has 0 N–H and O–H groups in total. The largest absolute Gasteiger partial charge is 0.488 e. The van der Waals surface area contributed by atoms with Crippen molar-refractivity contribution in [3.63, 3.8) is 0 Å². The van der Waals surface area contributed by atoms with Crippen LogP contribution < -0.4 is 4.74 Å². The lowest BCUT2D eigenvalue weighted by Gasteiger charge is -2.10. The van der Waals surface area contributed by atoms with Crippen molar-refractivity contribution in [1.82, 2.24) is 0 Å². The van der Waals surface area contributed by atoms with Gasteiger partial charge in [0.05, 0.1) is 10.0 Å². The molecule has 2 aromatic carbocycles. The van der Waals surface area contributed by atoms with E-state index in [1.807, 2.05) is 24.3 Å². The number of ether oxygens (including phenoxy) is 2. The Morgan fingerprint density at radius 1 is 1.27 bits per heavy atom. The molecule has 0 spiro atoms. The summed E-state index contributed by atoms with van der Waals surface area (Å²) < 4.78 is 11.4. The summed E-state index contributed by atoms with van der Waals surface area (Å²) in [6, 6.07) is 12.5. The second-order valence-corrected chi connectivity index (χ2v) is 5.67. The summed E-state index contributed by atoms with van der Waals surface area (Å²) in [6.07, 6.45) is 1.52. The summed E-state index contributed by atoms with van der Waals surface area (Å²) in [5.41, 5.74) is 1.34. The number of hydrogen-bond acceptors (Lipinski definition) is 3. The van der Waals surface area contributed by atoms with Crippen molar-refractivity contribution < 1.29 is 14.3 Å². The molecular weight excluding hydrogens is 368 g/mol. The Balaban J connectivity index is 2.05. The van der Waals surface area contributed by atoms with Crippen LogP contribution >= 0.6 is 27.5 Å². The lowest BCUT2D eigenvalue weighted by Crippen LogP contribution is -2.05. The van der Waals surface area contributed by atoms with Gasteiger partial charge in [-0.15, -0.1) is 0 Å². The Hall–Kier alpha value is -1.78. The van der Waals surface area contributed by atoms with Crippen molar-refractivity contribution in [3.05, 3.63) is 75.7 Å². The van der Waals surface area contributed by atoms with E-state index in [0.717, 1.165) is 5.56 Å². The molecule has 0 heterocycles. The van der Waals surface area contributed by atoms with Crippen molar-refractivity contribution in [2.75, 3.05) is 6.61 Å². The first-order valence-corrected chi connectivity index (χ1v) is 7.72. The normalized spacial score (nSPS) is 10.1. The van der Waals surface area contributed by atoms with Crippen molar-refractivity contribution in [2.24, 2.45) is 0 Å². The summed E-state index contributed by atoms with van der Waals surface area (Å²) in [6.45, 7) is 4.03. The average molecular weight is 382 g/mol. The van der Waals surface area contributed by atoms with E-state index in [1.165, 1.54) is 6.08 Å². The third-order valence-electron chi connectivity index (χ3n) is 2.84. The van der Waals surface area contributed by atoms with E-state index in [0.29, 0.717) is 27.4 Å². The fourth-order valence-corrected chi connectivity index (χ4v) is 2.42. The standard InChI is InChI=1S/C17H14BrClO3/c1-2-9-21-17(20)12-7-8-16(14(18)10-12)22-11-13-5-3-4-6-15(13)19/h2-8,10H,1,9,11H2. The van der Waals surface area contributed by atoms with E-state index in [2.05, 4.69) is 22.5 Å². The summed E-state index contributed by atoms with van der Waals surface area (Å²) in [5.74, 6) is 0.221. The molecule has 0 saturated carbocycles. The fourth-order valence-electron chi connectivity index (χ4n) is 1.73. The minimum atomic E-state index is -0.404. The van der Waals surface area contributed by atoms with Gasteiger partial charge in [-0.1, -0.05) is 42.5 Å². The number of hydrogen-bond donors (Lipinski definition) is 0. The van der Waals surface area contributed by atoms with Crippen LogP contribution in [0.4, 0.5) is 0 Å². The minimum Gasteiger partial charge on any atom is -0.488 e. The van der Waals surface area contributed by atoms with Crippen LogP contribution in [-0.2, 0) is 11.3 Å². The fraction of sp³-hybridized carbons (Fsp3) is 0.118. The number of halogens is 2. The highest BCUT2D eigenvalue weighted by molar-refractivity contribution is 9.10. The lowest BCUT2D eigenvalue weighted by molar-refractivity contribution is 0.0549. The van der Waals surface area contributed by atoms with E-state index in [9.17, 15) is 4.79 Å². The van der Waals surface area contributed by atoms with Gasteiger partial charge in [-0.25, -0.2) is 4.79 Å². The molecule has 0 saturated heterocycles. The summed E-state index contributed by atoms with van der Waals surface area (Å²) in [4.78, 5) is 11.7. The first kappa shape index (κ1) is 16.6. The third-order valence-corrected chi connectivity index (χ3v) is 3.83. The zero-order valence-electron chi connectivity index (χ0n) is 11.7. The smallest absolute Gasteiger partial charge is 0.338 e. The highest BCUT2D eigenvalue weighted by Crippen LogP contribution is 2.28. The van der Waals surface area contributed by atoms with Crippen molar-refractivity contribution in [2.45, 2.75) is 6.61 Å². The molecule has 0 atom stereocenters. The monoisotopic (exact) mass is 380 g/mol. The molecule has 114 valence electrons. The summed E-state index contributed by atoms with van der Waals surface area (Å²) in [7, 11) is 0. The SMILES string of the molecule is C=CCOC(=O)c1ccc(OCc2ccccc2Cl)c(Br)c1. The molecule has 3 nitrogen and oxygen atoms in total. The van der Waals surface area contributed by atoms with Crippen LogP contribution in [0.2, 0.25) is 5.02 Å². The van der Waals surface area contributed by atoms with Gasteiger partial charge in [0, 0.05) is 10.6 Å². The summed E-state index contributed by atoms with van der Waals surface area (Å²) >= 11 is 9.47. The van der Waals surface area contributed by atoms with E-state index in [4.69, 9.17) is 21.1 Å². The Morgan fingerprint density at radius 3 is 2.73 bits per heavy atom. The predicted octanol–water partition coefficient (Wildman–Crippen LogP) is 5.02. The zero-order valence-corrected chi connectivity index (χ0v) is 14.1. The zero-order chi connectivity index (χ0) is 15.9. The topological polar surface area (TPSA) is 35.5 Å². The van der Waals surface area contributed by atoms with Crippen LogP contribution in [0.5, 0.6) is 5.75 Å². The molecule has 2 rings (SSSR count). The molecule has 0 fully saturated rings. The maximum absolute atomic E-state index is 11.7. The molecule has 0 amide bonds. The maximum atomic E-state index is 11.7. The third kappa shape index (κ3) is 4.36. The van der Waals surface area contributed by atoms with Gasteiger partial charge in [0.1, 0.15) is 19.0 Å². The Labute approximate surface area is 142 Å². The van der Waals surface area contributed by atoms with Crippen molar-refractivity contribution in [3.8, 4) is 5.75 Å². The number of rotatable bonds is 6. The Bertz CT molecular complexity index is 685. The molecule has 0 bridgehead atoms.